The van der Waals surface area contributed by atoms with Gasteiger partial charge in [0.15, 0.2) is 5.69 Å². The standard InChI is InChI=1S/C13H15N5O4/c1-15-10(19)6-18-12(11(13(20)21)16-17-18)7-3-4-9(22-2)8(14)5-7/h3-5H,6,14H2,1-2H3,(H,15,19)(H,20,21). The monoisotopic (exact) mass is 305 g/mol. The van der Waals surface area contributed by atoms with Crippen molar-refractivity contribution in [3.05, 3.63) is 23.9 Å². The summed E-state index contributed by atoms with van der Waals surface area (Å²) in [5, 5.41) is 19.0. The van der Waals surface area contributed by atoms with Gasteiger partial charge in [0.25, 0.3) is 0 Å². The number of hydrogen-bond donors (Lipinski definition) is 3. The molecule has 116 valence electrons. The number of hydrogen-bond acceptors (Lipinski definition) is 6. The SMILES string of the molecule is CNC(=O)Cn1nnc(C(=O)O)c1-c1ccc(OC)c(N)c1. The predicted octanol–water partition coefficient (Wildman–Crippen LogP) is -0.0199. The molecule has 0 unspecified atom stereocenters. The topological polar surface area (TPSA) is 132 Å². The van der Waals surface area contributed by atoms with Crippen LogP contribution in [-0.4, -0.2) is 46.1 Å². The average Bonchev–Trinajstić information content (AvgIpc) is 2.90. The first-order valence-corrected chi connectivity index (χ1v) is 6.29. The minimum atomic E-state index is -1.24. The number of nitrogens with two attached hydrogens (primary N) is 1. The van der Waals surface area contributed by atoms with Gasteiger partial charge in [-0.3, -0.25) is 4.79 Å². The van der Waals surface area contributed by atoms with E-state index in [1.807, 2.05) is 0 Å². The lowest BCUT2D eigenvalue weighted by Crippen LogP contribution is -2.24. The smallest absolute Gasteiger partial charge is 0.358 e. The Balaban J connectivity index is 2.56. The molecule has 22 heavy (non-hydrogen) atoms. The van der Waals surface area contributed by atoms with Crippen LogP contribution >= 0.6 is 0 Å². The van der Waals surface area contributed by atoms with Crippen molar-refractivity contribution < 1.29 is 19.4 Å². The Bertz CT molecular complexity index is 725. The second-order valence-corrected chi connectivity index (χ2v) is 4.38. The van der Waals surface area contributed by atoms with Gasteiger partial charge in [0, 0.05) is 12.6 Å². The maximum atomic E-state index is 11.5. The Morgan fingerprint density at radius 2 is 2.18 bits per heavy atom. The second kappa shape index (κ2) is 6.12. The molecule has 0 aliphatic rings. The van der Waals surface area contributed by atoms with E-state index in [4.69, 9.17) is 10.5 Å². The minimum absolute atomic E-state index is 0.155. The number of nitrogens with one attached hydrogen (secondary N) is 1. The number of aromatic nitrogens is 3. The van der Waals surface area contributed by atoms with Gasteiger partial charge in [0.2, 0.25) is 5.91 Å². The maximum Gasteiger partial charge on any atom is 0.358 e. The van der Waals surface area contributed by atoms with Gasteiger partial charge in [-0.15, -0.1) is 5.10 Å². The number of carboxylic acid groups (broad SMARTS) is 1. The number of nitrogen functional groups attached to an aromatic ring is 1. The molecule has 0 fully saturated rings. The van der Waals surface area contributed by atoms with E-state index in [1.165, 1.54) is 18.8 Å². The Kier molecular flexibility index (Phi) is 4.25. The van der Waals surface area contributed by atoms with E-state index in [1.54, 1.807) is 18.2 Å². The summed E-state index contributed by atoms with van der Waals surface area (Å²) in [6, 6.07) is 4.78. The highest BCUT2D eigenvalue weighted by Gasteiger charge is 2.22. The molecule has 0 bridgehead atoms. The largest absolute Gasteiger partial charge is 0.495 e. The summed E-state index contributed by atoms with van der Waals surface area (Å²) in [6.07, 6.45) is 0. The molecule has 9 heteroatoms. The molecular formula is C13H15N5O4. The van der Waals surface area contributed by atoms with Gasteiger partial charge in [-0.05, 0) is 18.2 Å². The van der Waals surface area contributed by atoms with Gasteiger partial charge in [-0.2, -0.15) is 0 Å². The molecule has 0 aliphatic carbocycles. The highest BCUT2D eigenvalue weighted by atomic mass is 16.5. The third-order valence-electron chi connectivity index (χ3n) is 3.01. The van der Waals surface area contributed by atoms with Crippen LogP contribution in [0.15, 0.2) is 18.2 Å². The predicted molar refractivity (Wildman–Crippen MR) is 77.4 cm³/mol. The molecule has 1 heterocycles. The third kappa shape index (κ3) is 2.82. The number of carbonyl (C=O) groups is 2. The number of rotatable bonds is 5. The molecule has 0 saturated heterocycles. The zero-order valence-corrected chi connectivity index (χ0v) is 12.0. The lowest BCUT2D eigenvalue weighted by molar-refractivity contribution is -0.121. The van der Waals surface area contributed by atoms with E-state index in [2.05, 4.69) is 15.6 Å². The van der Waals surface area contributed by atoms with Crippen molar-refractivity contribution in [2.75, 3.05) is 19.9 Å². The van der Waals surface area contributed by atoms with Crippen molar-refractivity contribution >= 4 is 17.6 Å². The molecule has 2 aromatic rings. The van der Waals surface area contributed by atoms with Crippen molar-refractivity contribution in [1.82, 2.24) is 20.3 Å². The molecule has 1 aromatic heterocycles. The first-order chi connectivity index (χ1) is 10.5. The van der Waals surface area contributed by atoms with Crippen LogP contribution in [-0.2, 0) is 11.3 Å². The van der Waals surface area contributed by atoms with Crippen LogP contribution in [0.4, 0.5) is 5.69 Å². The van der Waals surface area contributed by atoms with Crippen molar-refractivity contribution in [2.24, 2.45) is 0 Å². The minimum Gasteiger partial charge on any atom is -0.495 e. The summed E-state index contributed by atoms with van der Waals surface area (Å²) in [5.74, 6) is -1.11. The number of anilines is 1. The number of aromatic carboxylic acids is 1. The zero-order chi connectivity index (χ0) is 16.3. The van der Waals surface area contributed by atoms with Gasteiger partial charge in [0.1, 0.15) is 18.0 Å². The van der Waals surface area contributed by atoms with E-state index >= 15 is 0 Å². The molecule has 4 N–H and O–H groups in total. The number of amides is 1. The number of likely N-dealkylation sites (N-methyl/N-ethyl adjacent to an activating group) is 1. The summed E-state index contributed by atoms with van der Waals surface area (Å²) in [7, 11) is 2.95. The molecule has 0 atom stereocenters. The number of methoxy groups -OCH3 is 1. The van der Waals surface area contributed by atoms with Gasteiger partial charge in [-0.25, -0.2) is 9.48 Å². The molecule has 0 saturated carbocycles. The normalized spacial score (nSPS) is 10.3. The lowest BCUT2D eigenvalue weighted by atomic mass is 10.1. The molecule has 0 spiro atoms. The third-order valence-corrected chi connectivity index (χ3v) is 3.01. The lowest BCUT2D eigenvalue weighted by Gasteiger charge is -2.09. The fourth-order valence-electron chi connectivity index (χ4n) is 1.95. The number of ether oxygens (including phenoxy) is 1. The Morgan fingerprint density at radius 3 is 2.73 bits per heavy atom. The molecule has 9 nitrogen and oxygen atoms in total. The summed E-state index contributed by atoms with van der Waals surface area (Å²) in [5.41, 5.74) is 6.60. The molecule has 1 amide bonds. The van der Waals surface area contributed by atoms with Crippen molar-refractivity contribution in [2.45, 2.75) is 6.54 Å². The quantitative estimate of drug-likeness (QED) is 0.661. The van der Waals surface area contributed by atoms with E-state index < -0.39 is 5.97 Å². The van der Waals surface area contributed by atoms with Crippen LogP contribution in [0.1, 0.15) is 10.5 Å². The van der Waals surface area contributed by atoms with Crippen molar-refractivity contribution in [3.63, 3.8) is 0 Å². The first-order valence-electron chi connectivity index (χ1n) is 6.29. The highest BCUT2D eigenvalue weighted by molar-refractivity contribution is 5.93. The molecule has 1 aromatic carbocycles. The van der Waals surface area contributed by atoms with Gasteiger partial charge in [-0.1, -0.05) is 5.21 Å². The van der Waals surface area contributed by atoms with Crippen LogP contribution in [0.5, 0.6) is 5.75 Å². The second-order valence-electron chi connectivity index (χ2n) is 4.38. The Hall–Kier alpha value is -3.10. The van der Waals surface area contributed by atoms with Crippen LogP contribution in [0.3, 0.4) is 0 Å². The average molecular weight is 305 g/mol. The summed E-state index contributed by atoms with van der Waals surface area (Å²) in [6.45, 7) is -0.155. The molecular weight excluding hydrogens is 290 g/mol. The summed E-state index contributed by atoms with van der Waals surface area (Å²) < 4.78 is 6.28. The van der Waals surface area contributed by atoms with Crippen LogP contribution < -0.4 is 15.8 Å². The Morgan fingerprint density at radius 1 is 1.45 bits per heavy atom. The molecule has 2 rings (SSSR count). The molecule has 0 radical (unpaired) electrons. The summed E-state index contributed by atoms with van der Waals surface area (Å²) >= 11 is 0. The van der Waals surface area contributed by atoms with E-state index in [9.17, 15) is 14.7 Å². The first kappa shape index (κ1) is 15.3. The summed E-state index contributed by atoms with van der Waals surface area (Å²) in [4.78, 5) is 22.8. The Labute approximate surface area is 125 Å². The van der Waals surface area contributed by atoms with Crippen molar-refractivity contribution in [1.29, 1.82) is 0 Å². The van der Waals surface area contributed by atoms with E-state index in [-0.39, 0.29) is 23.8 Å². The van der Waals surface area contributed by atoms with Crippen LogP contribution in [0.2, 0.25) is 0 Å². The molecule has 0 aliphatic heterocycles. The highest BCUT2D eigenvalue weighted by Crippen LogP contribution is 2.29. The van der Waals surface area contributed by atoms with E-state index in [0.717, 1.165) is 0 Å². The zero-order valence-electron chi connectivity index (χ0n) is 12.0. The van der Waals surface area contributed by atoms with Crippen molar-refractivity contribution in [3.8, 4) is 17.0 Å². The number of nitrogens with zero attached hydrogens (tertiary/aromatic N) is 3. The van der Waals surface area contributed by atoms with Crippen LogP contribution in [0.25, 0.3) is 11.3 Å². The van der Waals surface area contributed by atoms with Gasteiger partial charge < -0.3 is 20.9 Å². The number of carbonyl (C=O) groups excluding carboxylic acids is 1. The fraction of sp³-hybridized carbons (Fsp3) is 0.231. The maximum absolute atomic E-state index is 11.5. The van der Waals surface area contributed by atoms with Gasteiger partial charge in [0.05, 0.1) is 12.8 Å². The van der Waals surface area contributed by atoms with E-state index in [0.29, 0.717) is 17.0 Å². The number of carboxylic acids is 1. The van der Waals surface area contributed by atoms with Crippen LogP contribution in [0, 0.1) is 0 Å². The number of benzene rings is 1. The fourth-order valence-corrected chi connectivity index (χ4v) is 1.95. The van der Waals surface area contributed by atoms with Gasteiger partial charge >= 0.3 is 5.97 Å².